The van der Waals surface area contributed by atoms with Crippen LogP contribution < -0.4 is 5.32 Å². The quantitative estimate of drug-likeness (QED) is 0.836. The fraction of sp³-hybridized carbons (Fsp3) is 0.714. The number of furan rings is 1. The third kappa shape index (κ3) is 3.11. The monoisotopic (exact) mass is 221 g/mol. The van der Waals surface area contributed by atoms with Crippen LogP contribution in [0.25, 0.3) is 0 Å². The van der Waals surface area contributed by atoms with Crippen LogP contribution in [-0.4, -0.2) is 6.54 Å². The molecule has 1 N–H and O–H groups in total. The summed E-state index contributed by atoms with van der Waals surface area (Å²) in [6.45, 7) is 5.32. The van der Waals surface area contributed by atoms with Crippen LogP contribution in [0.4, 0.5) is 0 Å². The van der Waals surface area contributed by atoms with Gasteiger partial charge in [-0.05, 0) is 51.3 Å². The van der Waals surface area contributed by atoms with Crippen LogP contribution in [0.15, 0.2) is 16.5 Å². The maximum absolute atomic E-state index is 5.62. The number of rotatable bonds is 4. The van der Waals surface area contributed by atoms with Gasteiger partial charge in [-0.2, -0.15) is 0 Å². The van der Waals surface area contributed by atoms with E-state index in [1.807, 2.05) is 13.0 Å². The molecule has 90 valence electrons. The number of hydrogen-bond donors (Lipinski definition) is 1. The molecule has 0 aromatic carbocycles. The Bertz CT molecular complexity index is 312. The molecule has 0 radical (unpaired) electrons. The Kier molecular flexibility index (Phi) is 4.05. The van der Waals surface area contributed by atoms with Crippen molar-refractivity contribution in [1.82, 2.24) is 5.32 Å². The number of aryl methyl sites for hydroxylation is 1. The second kappa shape index (κ2) is 5.53. The summed E-state index contributed by atoms with van der Waals surface area (Å²) in [5.41, 5.74) is 0. The molecule has 1 fully saturated rings. The van der Waals surface area contributed by atoms with Crippen molar-refractivity contribution in [2.45, 2.75) is 52.0 Å². The van der Waals surface area contributed by atoms with E-state index in [1.54, 1.807) is 0 Å². The molecular formula is C14H23NO. The smallest absolute Gasteiger partial charge is 0.120 e. The molecule has 2 heteroatoms. The molecule has 0 bridgehead atoms. The summed E-state index contributed by atoms with van der Waals surface area (Å²) < 4.78 is 5.62. The molecule has 0 amide bonds. The predicted molar refractivity (Wildman–Crippen MR) is 66.4 cm³/mol. The molecule has 1 aromatic rings. The highest BCUT2D eigenvalue weighted by Gasteiger charge is 2.15. The van der Waals surface area contributed by atoms with Crippen molar-refractivity contribution >= 4 is 0 Å². The van der Waals surface area contributed by atoms with Gasteiger partial charge in [-0.25, -0.2) is 0 Å². The van der Waals surface area contributed by atoms with Crippen LogP contribution in [0.1, 0.15) is 56.6 Å². The van der Waals surface area contributed by atoms with Crippen LogP contribution in [0.3, 0.4) is 0 Å². The second-order valence-corrected chi connectivity index (χ2v) is 5.08. The van der Waals surface area contributed by atoms with E-state index in [0.29, 0.717) is 6.04 Å². The van der Waals surface area contributed by atoms with E-state index >= 15 is 0 Å². The standard InChI is InChI=1S/C14H23NO/c1-11-8-9-14(16-11)12(2)15-10-13-6-4-3-5-7-13/h8-9,12-13,15H,3-7,10H2,1-2H3. The molecule has 2 nitrogen and oxygen atoms in total. The fourth-order valence-corrected chi connectivity index (χ4v) is 2.52. The minimum absolute atomic E-state index is 0.343. The molecule has 1 atom stereocenters. The van der Waals surface area contributed by atoms with Crippen LogP contribution >= 0.6 is 0 Å². The van der Waals surface area contributed by atoms with Crippen molar-refractivity contribution in [2.24, 2.45) is 5.92 Å². The SMILES string of the molecule is Cc1ccc(C(C)NCC2CCCCC2)o1. The summed E-state index contributed by atoms with van der Waals surface area (Å²) >= 11 is 0. The van der Waals surface area contributed by atoms with Gasteiger partial charge in [0.2, 0.25) is 0 Å². The summed E-state index contributed by atoms with van der Waals surface area (Å²) in [5, 5.41) is 3.59. The normalized spacial score (nSPS) is 19.9. The Morgan fingerprint density at radius 2 is 2.06 bits per heavy atom. The highest BCUT2D eigenvalue weighted by molar-refractivity contribution is 5.08. The summed E-state index contributed by atoms with van der Waals surface area (Å²) in [4.78, 5) is 0. The maximum atomic E-state index is 5.62. The van der Waals surface area contributed by atoms with Gasteiger partial charge in [-0.1, -0.05) is 19.3 Å². The van der Waals surface area contributed by atoms with Crippen LogP contribution in [0, 0.1) is 12.8 Å². The molecule has 1 aliphatic rings. The van der Waals surface area contributed by atoms with Gasteiger partial charge in [0.25, 0.3) is 0 Å². The Morgan fingerprint density at radius 3 is 2.69 bits per heavy atom. The van der Waals surface area contributed by atoms with Gasteiger partial charge >= 0.3 is 0 Å². The summed E-state index contributed by atoms with van der Waals surface area (Å²) in [7, 11) is 0. The average molecular weight is 221 g/mol. The lowest BCUT2D eigenvalue weighted by molar-refractivity contribution is 0.319. The Morgan fingerprint density at radius 1 is 1.31 bits per heavy atom. The summed E-state index contributed by atoms with van der Waals surface area (Å²) in [6.07, 6.45) is 7.07. The van der Waals surface area contributed by atoms with E-state index in [0.717, 1.165) is 24.0 Å². The van der Waals surface area contributed by atoms with E-state index in [9.17, 15) is 0 Å². The molecule has 0 aliphatic heterocycles. The molecule has 1 unspecified atom stereocenters. The Balaban J connectivity index is 1.76. The van der Waals surface area contributed by atoms with Crippen LogP contribution in [-0.2, 0) is 0 Å². The highest BCUT2D eigenvalue weighted by Crippen LogP contribution is 2.24. The molecule has 1 aromatic heterocycles. The predicted octanol–water partition coefficient (Wildman–Crippen LogP) is 3.82. The molecule has 1 heterocycles. The van der Waals surface area contributed by atoms with Gasteiger partial charge in [0.05, 0.1) is 6.04 Å². The molecular weight excluding hydrogens is 198 g/mol. The van der Waals surface area contributed by atoms with Gasteiger partial charge < -0.3 is 9.73 Å². The first-order chi connectivity index (χ1) is 7.75. The van der Waals surface area contributed by atoms with Gasteiger partial charge in [0.1, 0.15) is 11.5 Å². The van der Waals surface area contributed by atoms with Gasteiger partial charge in [0.15, 0.2) is 0 Å². The lowest BCUT2D eigenvalue weighted by Gasteiger charge is -2.23. The fourth-order valence-electron chi connectivity index (χ4n) is 2.52. The van der Waals surface area contributed by atoms with E-state index in [4.69, 9.17) is 4.42 Å². The van der Waals surface area contributed by atoms with Crippen LogP contribution in [0.2, 0.25) is 0 Å². The van der Waals surface area contributed by atoms with Crippen LogP contribution in [0.5, 0.6) is 0 Å². The molecule has 16 heavy (non-hydrogen) atoms. The Labute approximate surface area is 98.4 Å². The number of hydrogen-bond acceptors (Lipinski definition) is 2. The minimum Gasteiger partial charge on any atom is -0.465 e. The first-order valence-electron chi connectivity index (χ1n) is 6.55. The number of nitrogens with one attached hydrogen (secondary N) is 1. The van der Waals surface area contributed by atoms with Crippen molar-refractivity contribution in [1.29, 1.82) is 0 Å². The molecule has 1 saturated carbocycles. The second-order valence-electron chi connectivity index (χ2n) is 5.08. The third-order valence-electron chi connectivity index (χ3n) is 3.63. The van der Waals surface area contributed by atoms with E-state index in [-0.39, 0.29) is 0 Å². The molecule has 0 saturated heterocycles. The zero-order valence-electron chi connectivity index (χ0n) is 10.5. The van der Waals surface area contributed by atoms with Gasteiger partial charge in [0, 0.05) is 0 Å². The summed E-state index contributed by atoms with van der Waals surface area (Å²) in [5.74, 6) is 2.95. The molecule has 1 aliphatic carbocycles. The Hall–Kier alpha value is -0.760. The average Bonchev–Trinajstić information content (AvgIpc) is 2.74. The van der Waals surface area contributed by atoms with E-state index in [1.165, 1.54) is 32.1 Å². The van der Waals surface area contributed by atoms with Crippen molar-refractivity contribution in [3.05, 3.63) is 23.7 Å². The largest absolute Gasteiger partial charge is 0.465 e. The summed E-state index contributed by atoms with van der Waals surface area (Å²) in [6, 6.07) is 4.46. The van der Waals surface area contributed by atoms with Gasteiger partial charge in [-0.3, -0.25) is 0 Å². The lowest BCUT2D eigenvalue weighted by atomic mass is 9.89. The minimum atomic E-state index is 0.343. The third-order valence-corrected chi connectivity index (χ3v) is 3.63. The lowest BCUT2D eigenvalue weighted by Crippen LogP contribution is -2.26. The molecule has 2 rings (SSSR count). The first kappa shape index (κ1) is 11.7. The zero-order valence-corrected chi connectivity index (χ0v) is 10.5. The van der Waals surface area contributed by atoms with Crippen molar-refractivity contribution in [3.63, 3.8) is 0 Å². The van der Waals surface area contributed by atoms with Crippen molar-refractivity contribution in [3.8, 4) is 0 Å². The first-order valence-corrected chi connectivity index (χ1v) is 6.55. The topological polar surface area (TPSA) is 25.2 Å². The van der Waals surface area contributed by atoms with E-state index < -0.39 is 0 Å². The zero-order chi connectivity index (χ0) is 11.4. The van der Waals surface area contributed by atoms with Crippen molar-refractivity contribution < 1.29 is 4.42 Å². The van der Waals surface area contributed by atoms with Gasteiger partial charge in [-0.15, -0.1) is 0 Å². The highest BCUT2D eigenvalue weighted by atomic mass is 16.3. The van der Waals surface area contributed by atoms with Crippen molar-refractivity contribution in [2.75, 3.05) is 6.54 Å². The maximum Gasteiger partial charge on any atom is 0.120 e. The molecule has 0 spiro atoms. The van der Waals surface area contributed by atoms with E-state index in [2.05, 4.69) is 18.3 Å².